The molecule has 4 rings (SSSR count). The van der Waals surface area contributed by atoms with Gasteiger partial charge in [0.2, 0.25) is 0 Å². The van der Waals surface area contributed by atoms with Gasteiger partial charge in [-0.2, -0.15) is 4.33 Å². The summed E-state index contributed by atoms with van der Waals surface area (Å²) in [6, 6.07) is 9.58. The van der Waals surface area contributed by atoms with Crippen molar-refractivity contribution in [2.45, 2.75) is 19.6 Å². The first-order valence-corrected chi connectivity index (χ1v) is 21.6. The Morgan fingerprint density at radius 1 is 0.661 bits per heavy atom. The fourth-order valence-corrected chi connectivity index (χ4v) is 8.45. The maximum Gasteiger partial charge on any atom is 1.00 e. The van der Waals surface area contributed by atoms with Gasteiger partial charge < -0.3 is 35.9 Å². The van der Waals surface area contributed by atoms with Crippen molar-refractivity contribution in [1.82, 2.24) is 0 Å². The summed E-state index contributed by atoms with van der Waals surface area (Å²) in [6.45, 7) is -0.940. The zero-order valence-corrected chi connectivity index (χ0v) is 45.4. The molecule has 62 heavy (non-hydrogen) atoms. The Morgan fingerprint density at radius 2 is 1.18 bits per heavy atom. The normalized spacial score (nSPS) is 11.8. The van der Waals surface area contributed by atoms with Gasteiger partial charge in [-0.1, -0.05) is 0 Å². The van der Waals surface area contributed by atoms with Crippen molar-refractivity contribution in [2.75, 3.05) is 37.6 Å². The minimum Gasteiger partial charge on any atom is -0.744 e. The Hall–Kier alpha value is 0.160. The average molecular weight is 1020 g/mol. The molecule has 0 bridgehead atoms. The molecule has 0 spiro atoms. The fourth-order valence-electron chi connectivity index (χ4n) is 4.53. The van der Waals surface area contributed by atoms with E-state index in [0.29, 0.717) is 6.07 Å². The van der Waals surface area contributed by atoms with Gasteiger partial charge in [0, 0.05) is 10.8 Å². The number of hydrogen-bond acceptors (Lipinski definition) is 28. The van der Waals surface area contributed by atoms with Crippen LogP contribution in [0.4, 0.5) is 28.4 Å². The molecule has 316 valence electrons. The molecule has 4 aromatic carbocycles. The molecule has 0 saturated carbocycles. The van der Waals surface area contributed by atoms with Crippen molar-refractivity contribution in [1.29, 1.82) is 0 Å². The summed E-state index contributed by atoms with van der Waals surface area (Å²) in [4.78, 5) is -1.94. The van der Waals surface area contributed by atoms with Crippen LogP contribution in [0.25, 0.3) is 10.8 Å². The number of aromatic hydroxyl groups is 1. The number of nitrogens with two attached hydrogens (primary N) is 1. The fraction of sp³-hybridized carbons (Fsp3) is 0.185. The first-order valence-electron chi connectivity index (χ1n) is 14.9. The van der Waals surface area contributed by atoms with Gasteiger partial charge in [0.1, 0.15) is 38.6 Å². The van der Waals surface area contributed by atoms with E-state index in [0.717, 1.165) is 18.2 Å². The number of hydrogen-bond donors (Lipinski definition) is 2. The Bertz CT molecular complexity index is 2500. The molecule has 0 fully saturated rings. The molecule has 0 amide bonds. The molecule has 0 aliphatic heterocycles. The predicted octanol–water partition coefficient (Wildman–Crippen LogP) is -9.73. The molecule has 4 aromatic rings. The molecule has 35 heteroatoms. The number of ether oxygens (including phenoxy) is 1. The topological polar surface area (TPSA) is 373 Å². The molecule has 3 N–H and O–H groups in total. The van der Waals surface area contributed by atoms with E-state index in [-0.39, 0.29) is 204 Å². The molecular weight excluding hydrogens is 999 g/mol. The van der Waals surface area contributed by atoms with Crippen molar-refractivity contribution < 1.29 is 210 Å². The number of anilines is 1. The third-order valence-electron chi connectivity index (χ3n) is 7.05. The predicted molar refractivity (Wildman–Crippen MR) is 189 cm³/mol. The van der Waals surface area contributed by atoms with Crippen LogP contribution < -0.4 is 144 Å². The average Bonchev–Trinajstić information content (AvgIpc) is 3.18. The second-order valence-electron chi connectivity index (χ2n) is 10.4. The second-order valence-corrected chi connectivity index (χ2v) is 17.7. The van der Waals surface area contributed by atoms with Crippen LogP contribution in [0.5, 0.6) is 11.5 Å². The van der Waals surface area contributed by atoms with Crippen LogP contribution >= 0.6 is 36.7 Å². The van der Waals surface area contributed by atoms with E-state index in [9.17, 15) is 50.7 Å². The van der Waals surface area contributed by atoms with E-state index in [4.69, 9.17) is 18.8 Å². The van der Waals surface area contributed by atoms with Gasteiger partial charge in [-0.25, -0.2) is 25.3 Å². The number of phenols is 1. The maximum atomic E-state index is 12.9. The van der Waals surface area contributed by atoms with Gasteiger partial charge in [-0.3, -0.25) is 23.5 Å². The molecule has 0 aliphatic carbocycles. The van der Waals surface area contributed by atoms with Gasteiger partial charge in [-0.05, 0) is 54.6 Å². The number of phenolic OH excluding ortho intramolecular Hbond substituents is 1. The molecule has 0 aromatic heterocycles. The van der Waals surface area contributed by atoms with Crippen LogP contribution in [0, 0.1) is 0 Å². The Balaban J connectivity index is 0.00000930. The Morgan fingerprint density at radius 3 is 1.71 bits per heavy atom. The number of benzene rings is 4. The van der Waals surface area contributed by atoms with E-state index in [1.165, 1.54) is 37.4 Å². The molecule has 0 saturated heterocycles. The standard InChI is InChI=1S/C27H27N5O20S6.4Na/c1-44-22-6-2-15(56(37,38)10-8-45-54-51-48-35)12-20(22)29-32-26-23(53-50-47-34)14-18-17(27(26)33)4-5-19(28)25(18)31-30-21-13-16(3-7-24(21)58(41,42)43)57(39,40)11-9-46-55-52-49-36;;;;/h2-7,12-14,33-36H,8-11,28H2,1H3,(H,41,42,43);;;;/q;4*+1/p-4. The zero-order chi connectivity index (χ0) is 42.5. The van der Waals surface area contributed by atoms with E-state index >= 15 is 0 Å². The van der Waals surface area contributed by atoms with Crippen molar-refractivity contribution in [2.24, 2.45) is 20.5 Å². The van der Waals surface area contributed by atoms with Crippen molar-refractivity contribution in [3.05, 3.63) is 54.6 Å². The molecule has 0 aliphatic rings. The first kappa shape index (κ1) is 62.2. The van der Waals surface area contributed by atoms with Crippen molar-refractivity contribution >= 4 is 106 Å². The first-order chi connectivity index (χ1) is 27.6. The van der Waals surface area contributed by atoms with Gasteiger partial charge in [0.15, 0.2) is 50.1 Å². The van der Waals surface area contributed by atoms with Gasteiger partial charge >= 0.3 is 118 Å². The quantitative estimate of drug-likeness (QED) is 0.0102. The van der Waals surface area contributed by atoms with Crippen LogP contribution in [0.2, 0.25) is 0 Å². The van der Waals surface area contributed by atoms with Gasteiger partial charge in [0.05, 0.1) is 69.1 Å². The van der Waals surface area contributed by atoms with Crippen molar-refractivity contribution in [3.63, 3.8) is 0 Å². The summed E-state index contributed by atoms with van der Waals surface area (Å²) in [6.07, 6.45) is 0. The smallest absolute Gasteiger partial charge is 0.744 e. The summed E-state index contributed by atoms with van der Waals surface area (Å²) in [5.41, 5.74) is 4.46. The molecule has 0 atom stereocenters. The zero-order valence-electron chi connectivity index (χ0n) is 32.5. The summed E-state index contributed by atoms with van der Waals surface area (Å²) < 4.78 is 115. The Labute approximate surface area is 453 Å². The van der Waals surface area contributed by atoms with Crippen LogP contribution in [0.1, 0.15) is 0 Å². The molecule has 25 nitrogen and oxygen atoms in total. The summed E-state index contributed by atoms with van der Waals surface area (Å²) >= 11 is 0.392. The minimum absolute atomic E-state index is 0. The molecule has 0 unspecified atom stereocenters. The number of nitrogen functional groups attached to an aromatic ring is 1. The van der Waals surface area contributed by atoms with E-state index in [2.05, 4.69) is 48.6 Å². The minimum atomic E-state index is -5.27. The molecular formula is C27H23N5Na4O20S6. The second kappa shape index (κ2) is 29.8. The van der Waals surface area contributed by atoms with E-state index < -0.39 is 75.7 Å². The third kappa shape index (κ3) is 17.7. The van der Waals surface area contributed by atoms with Crippen molar-refractivity contribution in [3.8, 4) is 11.5 Å². The van der Waals surface area contributed by atoms with Crippen LogP contribution in [0.15, 0.2) is 94.6 Å². The Kier molecular flexibility index (Phi) is 29.9. The van der Waals surface area contributed by atoms with E-state index in [1.807, 2.05) is 0 Å². The number of azo groups is 2. The largest absolute Gasteiger partial charge is 1.00 e. The van der Waals surface area contributed by atoms with Crippen LogP contribution in [-0.4, -0.2) is 66.7 Å². The molecule has 0 heterocycles. The van der Waals surface area contributed by atoms with Crippen LogP contribution in [-0.2, 0) is 66.3 Å². The number of nitrogens with zero attached hydrogens (tertiary/aromatic N) is 4. The summed E-state index contributed by atoms with van der Waals surface area (Å²) in [7, 11) is -12.3. The third-order valence-corrected chi connectivity index (χ3v) is 12.6. The van der Waals surface area contributed by atoms with Crippen LogP contribution in [0.3, 0.4) is 0 Å². The van der Waals surface area contributed by atoms with E-state index in [1.54, 1.807) is 0 Å². The SMILES string of the molecule is COc1ccc(S(=O)(=O)CCOSOO[O-])cc1N=Nc1c(SOO[O-])cc2c(N=Nc3cc(S(=O)(=O)CCOSOO[O-])ccc3S(=O)(=O)[O-])c(N)ccc2c1O.[Na+].[Na+].[Na+].[Na+]. The monoisotopic (exact) mass is 1020 g/mol. The maximum absolute atomic E-state index is 12.9. The number of fused-ring (bicyclic) bond motifs is 1. The van der Waals surface area contributed by atoms with Gasteiger partial charge in [-0.15, -0.1) is 29.1 Å². The number of sulfone groups is 2. The number of methoxy groups -OCH3 is 1. The van der Waals surface area contributed by atoms with Gasteiger partial charge in [0.25, 0.3) is 0 Å². The summed E-state index contributed by atoms with van der Waals surface area (Å²) in [5, 5.41) is 67.3. The summed E-state index contributed by atoms with van der Waals surface area (Å²) in [5.74, 6) is -1.90. The number of rotatable bonds is 23. The molecule has 0 radical (unpaired) electrons.